The van der Waals surface area contributed by atoms with Gasteiger partial charge in [-0.25, -0.2) is 9.58 Å². The maximum Gasteiger partial charge on any atom is 0.321 e. The fraction of sp³-hybridized carbons (Fsp3) is 0.206. The highest BCUT2D eigenvalue weighted by atomic mass is 32.1. The molecule has 2 aliphatic heterocycles. The molecule has 0 radical (unpaired) electrons. The number of hydrogen-bond acceptors (Lipinski definition) is 12. The number of hydrogen-bond donors (Lipinski definition) is 2. The maximum absolute atomic E-state index is 14.1. The summed E-state index contributed by atoms with van der Waals surface area (Å²) >= 11 is 0.746. The number of carbonyl (C=O) groups is 6. The van der Waals surface area contributed by atoms with E-state index in [-0.39, 0.29) is 67.5 Å². The van der Waals surface area contributed by atoms with E-state index in [1.165, 1.54) is 49.5 Å². The Morgan fingerprint density at radius 2 is 1.72 bits per heavy atom. The molecule has 276 valence electrons. The smallest absolute Gasteiger partial charge is 0.321 e. The topological polar surface area (TPSA) is 218 Å². The number of pyridine rings is 1. The highest BCUT2D eigenvalue weighted by Crippen LogP contribution is 2.39. The van der Waals surface area contributed by atoms with Crippen molar-refractivity contribution in [3.8, 4) is 5.69 Å². The van der Waals surface area contributed by atoms with Crippen LogP contribution >= 0.6 is 11.5 Å². The van der Waals surface area contributed by atoms with Crippen LogP contribution in [0.25, 0.3) is 15.8 Å². The largest absolute Gasteiger partial charge is 0.449 e. The number of amides is 5. The lowest BCUT2D eigenvalue weighted by Gasteiger charge is -2.41. The number of alkyl halides is 2. The number of imide groups is 1. The quantitative estimate of drug-likeness (QED) is 0.164. The van der Waals surface area contributed by atoms with Gasteiger partial charge in [0.1, 0.15) is 0 Å². The van der Waals surface area contributed by atoms with Gasteiger partial charge in [0.2, 0.25) is 6.10 Å². The molecule has 2 aliphatic rings. The molecule has 2 atom stereocenters. The number of aromatic nitrogens is 4. The molecule has 0 spiro atoms. The van der Waals surface area contributed by atoms with E-state index in [9.17, 15) is 42.3 Å². The second-order valence-corrected chi connectivity index (χ2v) is 12.9. The van der Waals surface area contributed by atoms with Crippen LogP contribution in [0, 0.1) is 0 Å². The van der Waals surface area contributed by atoms with Crippen molar-refractivity contribution < 1.29 is 47.0 Å². The van der Waals surface area contributed by atoms with Crippen LogP contribution in [-0.2, 0) is 23.9 Å². The molecule has 0 bridgehead atoms. The molecule has 0 saturated carbocycles. The first-order valence-electron chi connectivity index (χ1n) is 15.9. The summed E-state index contributed by atoms with van der Waals surface area (Å²) < 4.78 is 43.6. The van der Waals surface area contributed by atoms with Crippen molar-refractivity contribution in [1.82, 2.24) is 18.7 Å². The summed E-state index contributed by atoms with van der Waals surface area (Å²) in [7, 11) is 0. The number of rotatable bonds is 9. The van der Waals surface area contributed by atoms with E-state index >= 15 is 0 Å². The number of primary amides is 1. The number of nitrogens with two attached hydrogens (primary N) is 1. The minimum atomic E-state index is -3.11. The van der Waals surface area contributed by atoms with Crippen molar-refractivity contribution in [2.45, 2.75) is 32.1 Å². The molecule has 5 aromatic rings. The van der Waals surface area contributed by atoms with Gasteiger partial charge < -0.3 is 20.5 Å². The van der Waals surface area contributed by atoms with E-state index in [1.807, 2.05) is 0 Å². The number of carbonyl (C=O) groups excluding carboxylic acids is 6. The van der Waals surface area contributed by atoms with E-state index < -0.39 is 59.3 Å². The van der Waals surface area contributed by atoms with Crippen LogP contribution < -0.4 is 26.4 Å². The lowest BCUT2D eigenvalue weighted by atomic mass is 9.94. The van der Waals surface area contributed by atoms with Crippen LogP contribution in [0.3, 0.4) is 0 Å². The fourth-order valence-electron chi connectivity index (χ4n) is 6.23. The Morgan fingerprint density at radius 1 is 1.02 bits per heavy atom. The van der Waals surface area contributed by atoms with E-state index in [1.54, 1.807) is 12.1 Å². The number of halogens is 2. The molecule has 20 heteroatoms. The normalized spacial score (nSPS) is 17.6. The van der Waals surface area contributed by atoms with E-state index in [2.05, 4.69) is 14.8 Å². The molecule has 5 amide bonds. The fourth-order valence-corrected chi connectivity index (χ4v) is 7.15. The highest BCUT2D eigenvalue weighted by Gasteiger charge is 2.54. The van der Waals surface area contributed by atoms with Crippen molar-refractivity contribution in [2.75, 3.05) is 28.3 Å². The number of ether oxygens (including phenoxy) is 2. The van der Waals surface area contributed by atoms with Gasteiger partial charge in [-0.15, -0.1) is 5.10 Å². The molecule has 2 unspecified atom stereocenters. The van der Waals surface area contributed by atoms with Crippen molar-refractivity contribution in [2.24, 2.45) is 5.73 Å². The minimum absolute atomic E-state index is 0.0202. The average molecular weight is 761 g/mol. The van der Waals surface area contributed by atoms with Crippen LogP contribution in [0.4, 0.5) is 26.1 Å². The Kier molecular flexibility index (Phi) is 8.86. The third-order valence-corrected chi connectivity index (χ3v) is 9.66. The van der Waals surface area contributed by atoms with Gasteiger partial charge in [-0.3, -0.25) is 43.0 Å². The molecule has 3 aromatic heterocycles. The third-order valence-electron chi connectivity index (χ3n) is 8.79. The van der Waals surface area contributed by atoms with Crippen LogP contribution in [0.2, 0.25) is 0 Å². The van der Waals surface area contributed by atoms with Gasteiger partial charge in [-0.1, -0.05) is 12.1 Å². The monoisotopic (exact) mass is 760 g/mol. The predicted octanol–water partition coefficient (Wildman–Crippen LogP) is 2.63. The third kappa shape index (κ3) is 5.86. The van der Waals surface area contributed by atoms with Crippen LogP contribution in [-0.4, -0.2) is 79.1 Å². The standard InChI is InChI=1S/C34H26F2N8O9S/c1-16(45)53-26(34(2)32(51)41(13-14-52-34)22-11-12-43(39-22)17-7-10-23(46)42(15-17)33(35)36)29(48)38-21-9-8-20-25(24(21)27(37)47)54-40-28(20)44-30(49)18-5-3-4-6-19(18)31(44)50/h3-12,15,26,33H,13-14H2,1-2H3,(H2,37,47)(H,38,48). The lowest BCUT2D eigenvalue weighted by molar-refractivity contribution is -0.183. The molecule has 17 nitrogen and oxygen atoms in total. The lowest BCUT2D eigenvalue weighted by Crippen LogP contribution is -2.64. The molecule has 0 aliphatic carbocycles. The molecule has 54 heavy (non-hydrogen) atoms. The van der Waals surface area contributed by atoms with E-state index in [4.69, 9.17) is 15.2 Å². The SMILES string of the molecule is CC(=O)OC(C(=O)Nc1ccc2c(N3C(=O)c4ccccc4C3=O)nsc2c1C(N)=O)C1(C)OCCN(c2ccn(-c3ccc(=O)n(C(F)F)c3)n2)C1=O. The van der Waals surface area contributed by atoms with Gasteiger partial charge in [0.05, 0.1) is 45.9 Å². The van der Waals surface area contributed by atoms with Crippen LogP contribution in [0.15, 0.2) is 71.8 Å². The Bertz CT molecular complexity index is 2460. The molecular formula is C34H26F2N8O9S. The number of nitrogens with one attached hydrogen (secondary N) is 1. The first-order chi connectivity index (χ1) is 25.7. The highest BCUT2D eigenvalue weighted by molar-refractivity contribution is 7.14. The van der Waals surface area contributed by atoms with Gasteiger partial charge in [-0.05, 0) is 48.8 Å². The minimum Gasteiger partial charge on any atom is -0.449 e. The van der Waals surface area contributed by atoms with E-state index in [0.717, 1.165) is 45.2 Å². The van der Waals surface area contributed by atoms with Gasteiger partial charge in [0, 0.05) is 36.8 Å². The first kappa shape index (κ1) is 35.7. The van der Waals surface area contributed by atoms with Gasteiger partial charge in [-0.2, -0.15) is 13.2 Å². The number of anilines is 3. The number of nitrogens with zero attached hydrogens (tertiary/aromatic N) is 6. The summed E-state index contributed by atoms with van der Waals surface area (Å²) in [6, 6.07) is 12.5. The summed E-state index contributed by atoms with van der Waals surface area (Å²) in [5, 5.41) is 6.99. The number of fused-ring (bicyclic) bond motifs is 2. The molecule has 1 fully saturated rings. The predicted molar refractivity (Wildman–Crippen MR) is 186 cm³/mol. The molecule has 7 rings (SSSR count). The summed E-state index contributed by atoms with van der Waals surface area (Å²) in [6.45, 7) is -1.12. The van der Waals surface area contributed by atoms with E-state index in [0.29, 0.717) is 0 Å². The van der Waals surface area contributed by atoms with Crippen molar-refractivity contribution >= 4 is 74.4 Å². The first-order valence-corrected chi connectivity index (χ1v) is 16.7. The molecule has 2 aromatic carbocycles. The van der Waals surface area contributed by atoms with Crippen LogP contribution in [0.5, 0.6) is 0 Å². The number of esters is 1. The summed E-state index contributed by atoms with van der Waals surface area (Å²) in [5.41, 5.74) is 2.69. The second kappa shape index (κ2) is 13.4. The van der Waals surface area contributed by atoms with Gasteiger partial charge >= 0.3 is 12.5 Å². The molecular weight excluding hydrogens is 734 g/mol. The maximum atomic E-state index is 14.1. The number of benzene rings is 2. The zero-order valence-electron chi connectivity index (χ0n) is 28.0. The summed E-state index contributed by atoms with van der Waals surface area (Å²) in [4.78, 5) is 93.4. The van der Waals surface area contributed by atoms with Crippen molar-refractivity contribution in [3.63, 3.8) is 0 Å². The zero-order chi connectivity index (χ0) is 38.6. The Labute approximate surface area is 305 Å². The van der Waals surface area contributed by atoms with Crippen LogP contribution in [0.1, 0.15) is 51.5 Å². The molecule has 1 saturated heterocycles. The van der Waals surface area contributed by atoms with Crippen molar-refractivity contribution in [3.05, 3.63) is 94.0 Å². The number of morpholine rings is 1. The Balaban J connectivity index is 1.18. The zero-order valence-corrected chi connectivity index (χ0v) is 28.8. The summed E-state index contributed by atoms with van der Waals surface area (Å²) in [5.74, 6) is -5.19. The Morgan fingerprint density at radius 3 is 2.37 bits per heavy atom. The van der Waals surface area contributed by atoms with Crippen molar-refractivity contribution in [1.29, 1.82) is 0 Å². The second-order valence-electron chi connectivity index (χ2n) is 12.1. The van der Waals surface area contributed by atoms with Gasteiger partial charge in [0.25, 0.3) is 35.1 Å². The average Bonchev–Trinajstić information content (AvgIpc) is 3.85. The Hall–Kier alpha value is -6.67. The van der Waals surface area contributed by atoms with Gasteiger partial charge in [0.15, 0.2) is 17.2 Å². The molecule has 5 heterocycles. The molecule has 3 N–H and O–H groups in total. The summed E-state index contributed by atoms with van der Waals surface area (Å²) in [6.07, 6.45) is 0.307.